The predicted octanol–water partition coefficient (Wildman–Crippen LogP) is 2.97. The molecule has 3 rings (SSSR count). The van der Waals surface area contributed by atoms with E-state index < -0.39 is 0 Å². The number of piperazine rings is 1. The van der Waals surface area contributed by atoms with Crippen molar-refractivity contribution in [2.45, 2.75) is 51.7 Å². The molecule has 1 saturated carbocycles. The SMILES string of the molecule is CC(Oc1ccc(CN2CCNCC2=O)cc1)C1CCCCC1. The lowest BCUT2D eigenvalue weighted by atomic mass is 9.86. The first-order chi connectivity index (χ1) is 11.2. The van der Waals surface area contributed by atoms with Gasteiger partial charge in [-0.2, -0.15) is 0 Å². The molecule has 1 saturated heterocycles. The van der Waals surface area contributed by atoms with Gasteiger partial charge in [-0.25, -0.2) is 0 Å². The Morgan fingerprint density at radius 3 is 2.65 bits per heavy atom. The van der Waals surface area contributed by atoms with Gasteiger partial charge >= 0.3 is 0 Å². The third-order valence-electron chi connectivity index (χ3n) is 5.12. The standard InChI is InChI=1S/C19H28N2O2/c1-15(17-5-3-2-4-6-17)23-18-9-7-16(8-10-18)14-21-12-11-20-13-19(21)22/h7-10,15,17,20H,2-6,11-14H2,1H3. The second kappa shape index (κ2) is 7.82. The fourth-order valence-corrected chi connectivity index (χ4v) is 3.62. The molecule has 2 aliphatic rings. The number of carbonyl (C=O) groups excluding carboxylic acids is 1. The molecule has 0 radical (unpaired) electrons. The van der Waals surface area contributed by atoms with Gasteiger partial charge in [0.2, 0.25) is 5.91 Å². The molecule has 1 aliphatic heterocycles. The first-order valence-electron chi connectivity index (χ1n) is 8.96. The average Bonchev–Trinajstić information content (AvgIpc) is 2.59. The highest BCUT2D eigenvalue weighted by molar-refractivity contribution is 5.78. The van der Waals surface area contributed by atoms with Crippen LogP contribution in [-0.4, -0.2) is 36.5 Å². The monoisotopic (exact) mass is 316 g/mol. The maximum Gasteiger partial charge on any atom is 0.236 e. The number of benzene rings is 1. The van der Waals surface area contributed by atoms with Crippen LogP contribution in [0.25, 0.3) is 0 Å². The van der Waals surface area contributed by atoms with Crippen molar-refractivity contribution in [1.82, 2.24) is 10.2 Å². The third kappa shape index (κ3) is 4.47. The first kappa shape index (κ1) is 16.3. The lowest BCUT2D eigenvalue weighted by Crippen LogP contribution is -2.47. The van der Waals surface area contributed by atoms with Gasteiger partial charge in [0, 0.05) is 19.6 Å². The highest BCUT2D eigenvalue weighted by Crippen LogP contribution is 2.29. The molecule has 23 heavy (non-hydrogen) atoms. The Kier molecular flexibility index (Phi) is 5.55. The van der Waals surface area contributed by atoms with E-state index >= 15 is 0 Å². The molecular formula is C19H28N2O2. The lowest BCUT2D eigenvalue weighted by molar-refractivity contribution is -0.132. The Bertz CT molecular complexity index is 509. The minimum atomic E-state index is 0.183. The molecule has 1 atom stereocenters. The number of amides is 1. The van der Waals surface area contributed by atoms with E-state index in [9.17, 15) is 4.79 Å². The molecule has 1 N–H and O–H groups in total. The summed E-state index contributed by atoms with van der Waals surface area (Å²) in [5, 5.41) is 3.10. The number of nitrogens with zero attached hydrogens (tertiary/aromatic N) is 1. The van der Waals surface area contributed by atoms with Crippen LogP contribution >= 0.6 is 0 Å². The first-order valence-corrected chi connectivity index (χ1v) is 8.96. The van der Waals surface area contributed by atoms with E-state index in [-0.39, 0.29) is 12.0 Å². The molecule has 2 fully saturated rings. The van der Waals surface area contributed by atoms with E-state index in [2.05, 4.69) is 24.4 Å². The fourth-order valence-electron chi connectivity index (χ4n) is 3.62. The topological polar surface area (TPSA) is 41.6 Å². The van der Waals surface area contributed by atoms with Crippen molar-refractivity contribution < 1.29 is 9.53 Å². The summed E-state index contributed by atoms with van der Waals surface area (Å²) in [4.78, 5) is 13.7. The summed E-state index contributed by atoms with van der Waals surface area (Å²) < 4.78 is 6.13. The van der Waals surface area contributed by atoms with Crippen molar-refractivity contribution in [3.8, 4) is 5.75 Å². The van der Waals surface area contributed by atoms with Crippen LogP contribution in [0.5, 0.6) is 5.75 Å². The average molecular weight is 316 g/mol. The smallest absolute Gasteiger partial charge is 0.236 e. The third-order valence-corrected chi connectivity index (χ3v) is 5.12. The maximum atomic E-state index is 11.8. The zero-order chi connectivity index (χ0) is 16.1. The van der Waals surface area contributed by atoms with Crippen LogP contribution in [0.15, 0.2) is 24.3 Å². The van der Waals surface area contributed by atoms with Gasteiger partial charge in [0.15, 0.2) is 0 Å². The molecule has 1 aromatic carbocycles. The molecule has 1 heterocycles. The van der Waals surface area contributed by atoms with E-state index in [0.717, 1.165) is 24.4 Å². The van der Waals surface area contributed by atoms with Crippen molar-refractivity contribution in [3.63, 3.8) is 0 Å². The number of carbonyl (C=O) groups is 1. The zero-order valence-electron chi connectivity index (χ0n) is 14.1. The number of hydrogen-bond acceptors (Lipinski definition) is 3. The van der Waals surface area contributed by atoms with Crippen LogP contribution in [-0.2, 0) is 11.3 Å². The number of rotatable bonds is 5. The van der Waals surface area contributed by atoms with Crippen LogP contribution in [0, 0.1) is 5.92 Å². The molecule has 4 nitrogen and oxygen atoms in total. The summed E-state index contributed by atoms with van der Waals surface area (Å²) in [7, 11) is 0. The molecule has 0 spiro atoms. The summed E-state index contributed by atoms with van der Waals surface area (Å²) in [5.41, 5.74) is 1.16. The molecule has 4 heteroatoms. The van der Waals surface area contributed by atoms with Crippen LogP contribution in [0.2, 0.25) is 0 Å². The van der Waals surface area contributed by atoms with Crippen LogP contribution in [0.4, 0.5) is 0 Å². The molecule has 1 aromatic rings. The van der Waals surface area contributed by atoms with Gasteiger partial charge < -0.3 is 15.0 Å². The summed E-state index contributed by atoms with van der Waals surface area (Å²) >= 11 is 0. The van der Waals surface area contributed by atoms with Crippen molar-refractivity contribution in [1.29, 1.82) is 0 Å². The van der Waals surface area contributed by atoms with Crippen molar-refractivity contribution in [2.24, 2.45) is 5.92 Å². The molecule has 126 valence electrons. The Balaban J connectivity index is 1.53. The maximum absolute atomic E-state index is 11.8. The van der Waals surface area contributed by atoms with Gasteiger partial charge in [-0.05, 0) is 43.4 Å². The molecule has 0 aromatic heterocycles. The normalized spacial score (nSPS) is 21.3. The van der Waals surface area contributed by atoms with Crippen molar-refractivity contribution in [2.75, 3.05) is 19.6 Å². The van der Waals surface area contributed by atoms with Crippen LogP contribution < -0.4 is 10.1 Å². The van der Waals surface area contributed by atoms with Crippen molar-refractivity contribution >= 4 is 5.91 Å². The second-order valence-corrected chi connectivity index (χ2v) is 6.86. The molecule has 1 aliphatic carbocycles. The minimum Gasteiger partial charge on any atom is -0.490 e. The van der Waals surface area contributed by atoms with Gasteiger partial charge in [-0.3, -0.25) is 4.79 Å². The van der Waals surface area contributed by atoms with Crippen LogP contribution in [0.3, 0.4) is 0 Å². The van der Waals surface area contributed by atoms with Gasteiger partial charge in [-0.15, -0.1) is 0 Å². The van der Waals surface area contributed by atoms with Gasteiger partial charge in [0.25, 0.3) is 0 Å². The highest BCUT2D eigenvalue weighted by Gasteiger charge is 2.21. The second-order valence-electron chi connectivity index (χ2n) is 6.86. The summed E-state index contributed by atoms with van der Waals surface area (Å²) in [5.74, 6) is 1.82. The molecule has 1 unspecified atom stereocenters. The van der Waals surface area contributed by atoms with E-state index in [4.69, 9.17) is 4.74 Å². The molecule has 0 bridgehead atoms. The number of hydrogen-bond donors (Lipinski definition) is 1. The minimum absolute atomic E-state index is 0.183. The highest BCUT2D eigenvalue weighted by atomic mass is 16.5. The van der Waals surface area contributed by atoms with Crippen molar-refractivity contribution in [3.05, 3.63) is 29.8 Å². The van der Waals surface area contributed by atoms with E-state index in [1.54, 1.807) is 0 Å². The largest absolute Gasteiger partial charge is 0.490 e. The van der Waals surface area contributed by atoms with Gasteiger partial charge in [-0.1, -0.05) is 31.4 Å². The lowest BCUT2D eigenvalue weighted by Gasteiger charge is -2.28. The molecule has 1 amide bonds. The number of ether oxygens (including phenoxy) is 1. The Morgan fingerprint density at radius 2 is 1.96 bits per heavy atom. The van der Waals surface area contributed by atoms with Crippen LogP contribution in [0.1, 0.15) is 44.6 Å². The van der Waals surface area contributed by atoms with Gasteiger partial charge in [0.1, 0.15) is 5.75 Å². The zero-order valence-corrected chi connectivity index (χ0v) is 14.1. The number of nitrogens with one attached hydrogen (secondary N) is 1. The Hall–Kier alpha value is -1.55. The van der Waals surface area contributed by atoms with Gasteiger partial charge in [0.05, 0.1) is 12.6 Å². The summed E-state index contributed by atoms with van der Waals surface area (Å²) in [6.07, 6.45) is 6.94. The van der Waals surface area contributed by atoms with E-state index in [1.165, 1.54) is 32.1 Å². The summed E-state index contributed by atoms with van der Waals surface area (Å²) in [6.45, 7) is 5.02. The van der Waals surface area contributed by atoms with E-state index in [0.29, 0.717) is 19.0 Å². The molecular weight excluding hydrogens is 288 g/mol. The predicted molar refractivity (Wildman–Crippen MR) is 91.4 cm³/mol. The summed E-state index contributed by atoms with van der Waals surface area (Å²) in [6, 6.07) is 8.25. The fraction of sp³-hybridized carbons (Fsp3) is 0.632. The Morgan fingerprint density at radius 1 is 1.22 bits per heavy atom. The van der Waals surface area contributed by atoms with E-state index in [1.807, 2.05) is 17.0 Å². The Labute approximate surface area is 139 Å². The quantitative estimate of drug-likeness (QED) is 0.908.